The van der Waals surface area contributed by atoms with E-state index in [1.54, 1.807) is 18.2 Å². The molecule has 3 aromatic rings. The maximum Gasteiger partial charge on any atom is 0.222 e. The first-order chi connectivity index (χ1) is 10.6. The molecule has 0 spiro atoms. The van der Waals surface area contributed by atoms with E-state index in [2.05, 4.69) is 21.6 Å². The standard InChI is InChI=1S/C16H11ClN4O/c1-9(22)19-16-13-7-11(3-5-15(13)20-21-16)12-6-10(8-18)2-4-14(12)17/h2-7H,1H3,(H2,19,20,21,22). The smallest absolute Gasteiger partial charge is 0.222 e. The van der Waals surface area contributed by atoms with E-state index in [1.165, 1.54) is 6.92 Å². The number of nitriles is 1. The first kappa shape index (κ1) is 14.1. The molecular formula is C16H11ClN4O. The molecular weight excluding hydrogens is 300 g/mol. The van der Waals surface area contributed by atoms with Gasteiger partial charge < -0.3 is 5.32 Å². The molecule has 6 heteroatoms. The minimum Gasteiger partial charge on any atom is -0.309 e. The van der Waals surface area contributed by atoms with Crippen molar-refractivity contribution in [2.45, 2.75) is 6.92 Å². The fraction of sp³-hybridized carbons (Fsp3) is 0.0625. The number of rotatable bonds is 2. The summed E-state index contributed by atoms with van der Waals surface area (Å²) in [5.41, 5.74) is 2.95. The molecule has 2 aromatic carbocycles. The molecule has 0 saturated carbocycles. The van der Waals surface area contributed by atoms with Gasteiger partial charge in [-0.05, 0) is 35.9 Å². The van der Waals surface area contributed by atoms with E-state index in [0.29, 0.717) is 16.4 Å². The average Bonchev–Trinajstić information content (AvgIpc) is 2.89. The third-order valence-electron chi connectivity index (χ3n) is 3.26. The molecule has 1 aromatic heterocycles. The summed E-state index contributed by atoms with van der Waals surface area (Å²) >= 11 is 6.23. The van der Waals surface area contributed by atoms with Gasteiger partial charge in [0.05, 0.1) is 17.1 Å². The molecule has 0 radical (unpaired) electrons. The lowest BCUT2D eigenvalue weighted by Crippen LogP contribution is -2.06. The van der Waals surface area contributed by atoms with Crippen LogP contribution in [0.4, 0.5) is 5.82 Å². The molecule has 0 unspecified atom stereocenters. The molecule has 0 aliphatic carbocycles. The molecule has 2 N–H and O–H groups in total. The second-order valence-electron chi connectivity index (χ2n) is 4.82. The van der Waals surface area contributed by atoms with Gasteiger partial charge in [0, 0.05) is 22.9 Å². The van der Waals surface area contributed by atoms with Gasteiger partial charge in [0.2, 0.25) is 5.91 Å². The first-order valence-corrected chi connectivity index (χ1v) is 6.92. The number of amides is 1. The highest BCUT2D eigenvalue weighted by molar-refractivity contribution is 6.33. The first-order valence-electron chi connectivity index (χ1n) is 6.54. The number of hydrogen-bond acceptors (Lipinski definition) is 3. The summed E-state index contributed by atoms with van der Waals surface area (Å²) in [6.45, 7) is 1.43. The normalized spacial score (nSPS) is 10.4. The number of benzene rings is 2. The largest absolute Gasteiger partial charge is 0.309 e. The number of halogens is 1. The van der Waals surface area contributed by atoms with Crippen LogP contribution in [-0.2, 0) is 4.79 Å². The second-order valence-corrected chi connectivity index (χ2v) is 5.23. The van der Waals surface area contributed by atoms with Crippen molar-refractivity contribution in [2.75, 3.05) is 5.32 Å². The van der Waals surface area contributed by atoms with E-state index in [-0.39, 0.29) is 5.91 Å². The number of H-pyrrole nitrogens is 1. The van der Waals surface area contributed by atoms with Crippen molar-refractivity contribution in [3.63, 3.8) is 0 Å². The zero-order chi connectivity index (χ0) is 15.7. The highest BCUT2D eigenvalue weighted by atomic mass is 35.5. The Morgan fingerprint density at radius 2 is 2.14 bits per heavy atom. The topological polar surface area (TPSA) is 81.6 Å². The number of carbonyl (C=O) groups excluding carboxylic acids is 1. The number of carbonyl (C=O) groups is 1. The summed E-state index contributed by atoms with van der Waals surface area (Å²) in [4.78, 5) is 11.2. The number of fused-ring (bicyclic) bond motifs is 1. The van der Waals surface area contributed by atoms with Crippen molar-refractivity contribution in [2.24, 2.45) is 0 Å². The van der Waals surface area contributed by atoms with Crippen LogP contribution in [0.5, 0.6) is 0 Å². The Hall–Kier alpha value is -2.84. The summed E-state index contributed by atoms with van der Waals surface area (Å²) < 4.78 is 0. The van der Waals surface area contributed by atoms with Crippen LogP contribution in [0, 0.1) is 11.3 Å². The van der Waals surface area contributed by atoms with Crippen molar-refractivity contribution < 1.29 is 4.79 Å². The van der Waals surface area contributed by atoms with Crippen LogP contribution in [-0.4, -0.2) is 16.1 Å². The third-order valence-corrected chi connectivity index (χ3v) is 3.59. The Bertz CT molecular complexity index is 924. The highest BCUT2D eigenvalue weighted by Crippen LogP contribution is 2.32. The van der Waals surface area contributed by atoms with E-state index >= 15 is 0 Å². The van der Waals surface area contributed by atoms with Gasteiger partial charge in [-0.3, -0.25) is 9.89 Å². The number of nitrogens with one attached hydrogen (secondary N) is 2. The van der Waals surface area contributed by atoms with E-state index < -0.39 is 0 Å². The predicted octanol–water partition coefficient (Wildman–Crippen LogP) is 3.71. The summed E-state index contributed by atoms with van der Waals surface area (Å²) in [6.07, 6.45) is 0. The van der Waals surface area contributed by atoms with Crippen LogP contribution in [0.25, 0.3) is 22.0 Å². The molecule has 0 bridgehead atoms. The zero-order valence-electron chi connectivity index (χ0n) is 11.6. The van der Waals surface area contributed by atoms with Gasteiger partial charge in [0.15, 0.2) is 5.82 Å². The van der Waals surface area contributed by atoms with Gasteiger partial charge in [0.25, 0.3) is 0 Å². The number of aromatic amines is 1. The monoisotopic (exact) mass is 310 g/mol. The Morgan fingerprint density at radius 1 is 1.32 bits per heavy atom. The molecule has 1 amide bonds. The number of nitrogens with zero attached hydrogens (tertiary/aromatic N) is 2. The van der Waals surface area contributed by atoms with Gasteiger partial charge in [-0.2, -0.15) is 10.4 Å². The molecule has 5 nitrogen and oxygen atoms in total. The maximum atomic E-state index is 11.2. The van der Waals surface area contributed by atoms with Crippen molar-refractivity contribution >= 4 is 34.2 Å². The lowest BCUT2D eigenvalue weighted by atomic mass is 10.0. The van der Waals surface area contributed by atoms with E-state index in [4.69, 9.17) is 16.9 Å². The molecule has 108 valence electrons. The van der Waals surface area contributed by atoms with Gasteiger partial charge in [0.1, 0.15) is 0 Å². The fourth-order valence-electron chi connectivity index (χ4n) is 2.26. The minimum atomic E-state index is -0.191. The van der Waals surface area contributed by atoms with Crippen molar-refractivity contribution in [3.05, 3.63) is 47.0 Å². The quantitative estimate of drug-likeness (QED) is 0.757. The van der Waals surface area contributed by atoms with Crippen molar-refractivity contribution in [1.29, 1.82) is 5.26 Å². The van der Waals surface area contributed by atoms with E-state index in [0.717, 1.165) is 22.0 Å². The number of anilines is 1. The van der Waals surface area contributed by atoms with Gasteiger partial charge in [-0.15, -0.1) is 0 Å². The van der Waals surface area contributed by atoms with Crippen LogP contribution in [0.1, 0.15) is 12.5 Å². The van der Waals surface area contributed by atoms with Gasteiger partial charge >= 0.3 is 0 Å². The molecule has 0 atom stereocenters. The number of hydrogen-bond donors (Lipinski definition) is 2. The molecule has 22 heavy (non-hydrogen) atoms. The number of aromatic nitrogens is 2. The van der Waals surface area contributed by atoms with Gasteiger partial charge in [-0.1, -0.05) is 17.7 Å². The maximum absolute atomic E-state index is 11.2. The summed E-state index contributed by atoms with van der Waals surface area (Å²) in [7, 11) is 0. The SMILES string of the molecule is CC(=O)Nc1n[nH]c2ccc(-c3cc(C#N)ccc3Cl)cc12. The molecule has 0 saturated heterocycles. The van der Waals surface area contributed by atoms with Crippen LogP contribution in [0.3, 0.4) is 0 Å². The summed E-state index contributed by atoms with van der Waals surface area (Å²) in [5.74, 6) is 0.278. The molecule has 0 aliphatic rings. The van der Waals surface area contributed by atoms with Crippen LogP contribution < -0.4 is 5.32 Å². The Balaban J connectivity index is 2.16. The third kappa shape index (κ3) is 2.52. The second kappa shape index (κ2) is 5.51. The zero-order valence-corrected chi connectivity index (χ0v) is 12.4. The summed E-state index contributed by atoms with van der Waals surface area (Å²) in [6, 6.07) is 12.8. The molecule has 0 aliphatic heterocycles. The average molecular weight is 311 g/mol. The summed E-state index contributed by atoms with van der Waals surface area (Å²) in [5, 5.41) is 20.0. The Morgan fingerprint density at radius 3 is 2.86 bits per heavy atom. The lowest BCUT2D eigenvalue weighted by Gasteiger charge is -2.06. The highest BCUT2D eigenvalue weighted by Gasteiger charge is 2.11. The van der Waals surface area contributed by atoms with E-state index in [9.17, 15) is 4.79 Å². The Labute approximate surface area is 131 Å². The lowest BCUT2D eigenvalue weighted by molar-refractivity contribution is -0.114. The van der Waals surface area contributed by atoms with Crippen molar-refractivity contribution in [3.8, 4) is 17.2 Å². The molecule has 0 fully saturated rings. The molecule has 1 heterocycles. The van der Waals surface area contributed by atoms with Crippen LogP contribution in [0.15, 0.2) is 36.4 Å². The van der Waals surface area contributed by atoms with E-state index in [1.807, 2.05) is 18.2 Å². The predicted molar refractivity (Wildman–Crippen MR) is 85.6 cm³/mol. The minimum absolute atomic E-state index is 0.191. The Kier molecular flexibility index (Phi) is 3.53. The van der Waals surface area contributed by atoms with Gasteiger partial charge in [-0.25, -0.2) is 0 Å². The fourth-order valence-corrected chi connectivity index (χ4v) is 2.49. The van der Waals surface area contributed by atoms with Crippen LogP contribution in [0.2, 0.25) is 5.02 Å². The molecule has 3 rings (SSSR count). The van der Waals surface area contributed by atoms with Crippen LogP contribution >= 0.6 is 11.6 Å². The van der Waals surface area contributed by atoms with Crippen molar-refractivity contribution in [1.82, 2.24) is 10.2 Å².